The second-order valence-electron chi connectivity index (χ2n) is 4.82. The largest absolute Gasteiger partial charge is 0.436 e. The van der Waals surface area contributed by atoms with Crippen molar-refractivity contribution in [1.29, 1.82) is 0 Å². The molecule has 1 heterocycles. The van der Waals surface area contributed by atoms with Crippen molar-refractivity contribution in [1.82, 2.24) is 4.98 Å². The van der Waals surface area contributed by atoms with E-state index < -0.39 is 5.82 Å². The van der Waals surface area contributed by atoms with Crippen LogP contribution < -0.4 is 10.5 Å². The van der Waals surface area contributed by atoms with Crippen molar-refractivity contribution in [2.24, 2.45) is 5.73 Å². The van der Waals surface area contributed by atoms with Crippen LogP contribution in [0.3, 0.4) is 0 Å². The molecule has 0 fully saturated rings. The van der Waals surface area contributed by atoms with E-state index in [0.29, 0.717) is 10.4 Å². The van der Waals surface area contributed by atoms with Crippen LogP contribution in [0.2, 0.25) is 0 Å². The van der Waals surface area contributed by atoms with Crippen molar-refractivity contribution in [3.05, 3.63) is 51.9 Å². The fraction of sp³-hybridized carbons (Fsp3) is 0.267. The molecule has 0 bridgehead atoms. The zero-order chi connectivity index (χ0) is 14.7. The van der Waals surface area contributed by atoms with Gasteiger partial charge < -0.3 is 10.5 Å². The molecule has 2 N–H and O–H groups in total. The molecule has 0 aliphatic heterocycles. The maximum atomic E-state index is 13.7. The van der Waals surface area contributed by atoms with Gasteiger partial charge in [0.1, 0.15) is 0 Å². The summed E-state index contributed by atoms with van der Waals surface area (Å²) in [5, 5.41) is 0. The first-order valence-corrected chi connectivity index (χ1v) is 7.09. The third-order valence-corrected chi connectivity index (χ3v) is 3.24. The van der Waals surface area contributed by atoms with E-state index in [1.807, 2.05) is 19.9 Å². The molecule has 0 amide bonds. The number of hydrogen-bond acceptors (Lipinski definition) is 3. The highest BCUT2D eigenvalue weighted by molar-refractivity contribution is 9.10. The maximum Gasteiger partial charge on any atom is 0.222 e. The van der Waals surface area contributed by atoms with Crippen LogP contribution in [0.1, 0.15) is 18.1 Å². The third-order valence-electron chi connectivity index (χ3n) is 2.75. The lowest BCUT2D eigenvalue weighted by Crippen LogP contribution is -2.17. The molecular weight excluding hydrogens is 323 g/mol. The van der Waals surface area contributed by atoms with Gasteiger partial charge in [-0.15, -0.1) is 0 Å². The average molecular weight is 339 g/mol. The van der Waals surface area contributed by atoms with Crippen LogP contribution in [0.4, 0.5) is 4.39 Å². The lowest BCUT2D eigenvalue weighted by atomic mass is 10.1. The van der Waals surface area contributed by atoms with E-state index in [9.17, 15) is 4.39 Å². The van der Waals surface area contributed by atoms with E-state index in [4.69, 9.17) is 10.5 Å². The lowest BCUT2D eigenvalue weighted by Gasteiger charge is -2.11. The van der Waals surface area contributed by atoms with Gasteiger partial charge in [-0.1, -0.05) is 15.9 Å². The number of rotatable bonds is 4. The van der Waals surface area contributed by atoms with Crippen molar-refractivity contribution in [3.8, 4) is 11.6 Å². The molecule has 0 radical (unpaired) electrons. The van der Waals surface area contributed by atoms with Crippen molar-refractivity contribution in [2.75, 3.05) is 0 Å². The summed E-state index contributed by atoms with van der Waals surface area (Å²) in [4.78, 5) is 4.23. The molecule has 0 saturated carbocycles. The lowest BCUT2D eigenvalue weighted by molar-refractivity contribution is 0.424. The molecule has 0 aliphatic rings. The molecule has 2 aromatic rings. The number of benzene rings is 1. The standard InChI is InChI=1S/C15H16BrFN2O/c1-9-5-11(6-10(2)18)8-19-15(9)20-14-4-3-12(16)7-13(14)17/h3-5,7-8,10H,6,18H2,1-2H3. The molecule has 3 nitrogen and oxygen atoms in total. The summed E-state index contributed by atoms with van der Waals surface area (Å²) in [6.07, 6.45) is 2.46. The molecular formula is C15H16BrFN2O. The molecule has 0 saturated heterocycles. The minimum atomic E-state index is -0.430. The van der Waals surface area contributed by atoms with Gasteiger partial charge in [0.25, 0.3) is 0 Å². The Labute approximate surface area is 126 Å². The first kappa shape index (κ1) is 14.9. The minimum absolute atomic E-state index is 0.0758. The summed E-state index contributed by atoms with van der Waals surface area (Å²) in [5.74, 6) is 0.128. The van der Waals surface area contributed by atoms with E-state index >= 15 is 0 Å². The number of nitrogens with zero attached hydrogens (tertiary/aromatic N) is 1. The first-order chi connectivity index (χ1) is 9.45. The predicted octanol–water partition coefficient (Wildman–Crippen LogP) is 3.97. The molecule has 1 aromatic carbocycles. The van der Waals surface area contributed by atoms with Gasteiger partial charge in [-0.2, -0.15) is 0 Å². The quantitative estimate of drug-likeness (QED) is 0.917. The fourth-order valence-corrected chi connectivity index (χ4v) is 2.21. The molecule has 5 heteroatoms. The van der Waals surface area contributed by atoms with Crippen molar-refractivity contribution in [2.45, 2.75) is 26.3 Å². The Kier molecular flexibility index (Phi) is 4.73. The summed E-state index contributed by atoms with van der Waals surface area (Å²) >= 11 is 3.21. The SMILES string of the molecule is Cc1cc(CC(C)N)cnc1Oc1ccc(Br)cc1F. The van der Waals surface area contributed by atoms with Gasteiger partial charge >= 0.3 is 0 Å². The van der Waals surface area contributed by atoms with Crippen LogP contribution in [-0.2, 0) is 6.42 Å². The second-order valence-corrected chi connectivity index (χ2v) is 5.74. The van der Waals surface area contributed by atoms with Crippen molar-refractivity contribution >= 4 is 15.9 Å². The van der Waals surface area contributed by atoms with Crippen LogP contribution in [0.25, 0.3) is 0 Å². The molecule has 2 rings (SSSR count). The second kappa shape index (κ2) is 6.33. The van der Waals surface area contributed by atoms with Gasteiger partial charge in [0.05, 0.1) is 0 Å². The van der Waals surface area contributed by atoms with Gasteiger partial charge in [-0.05, 0) is 50.1 Å². The molecule has 1 unspecified atom stereocenters. The maximum absolute atomic E-state index is 13.7. The van der Waals surface area contributed by atoms with Crippen LogP contribution >= 0.6 is 15.9 Å². The zero-order valence-corrected chi connectivity index (χ0v) is 12.9. The Morgan fingerprint density at radius 2 is 2.15 bits per heavy atom. The average Bonchev–Trinajstić information content (AvgIpc) is 2.34. The Bertz CT molecular complexity index is 617. The van der Waals surface area contributed by atoms with Crippen LogP contribution in [0.5, 0.6) is 11.6 Å². The molecule has 0 aliphatic carbocycles. The molecule has 0 spiro atoms. The summed E-state index contributed by atoms with van der Waals surface area (Å²) in [7, 11) is 0. The third kappa shape index (κ3) is 3.77. The van der Waals surface area contributed by atoms with E-state index in [0.717, 1.165) is 17.5 Å². The van der Waals surface area contributed by atoms with Gasteiger partial charge in [-0.25, -0.2) is 9.37 Å². The minimum Gasteiger partial charge on any atom is -0.436 e. The number of halogens is 2. The molecule has 20 heavy (non-hydrogen) atoms. The van der Waals surface area contributed by atoms with E-state index in [-0.39, 0.29) is 11.8 Å². The Morgan fingerprint density at radius 3 is 2.75 bits per heavy atom. The number of hydrogen-bond donors (Lipinski definition) is 1. The number of nitrogens with two attached hydrogens (primary N) is 1. The van der Waals surface area contributed by atoms with Crippen LogP contribution in [0.15, 0.2) is 34.9 Å². The summed E-state index contributed by atoms with van der Waals surface area (Å²) in [6, 6.07) is 6.68. The van der Waals surface area contributed by atoms with Crippen LogP contribution in [-0.4, -0.2) is 11.0 Å². The fourth-order valence-electron chi connectivity index (χ4n) is 1.87. The number of aromatic nitrogens is 1. The van der Waals surface area contributed by atoms with E-state index in [2.05, 4.69) is 20.9 Å². The van der Waals surface area contributed by atoms with Gasteiger partial charge in [0, 0.05) is 22.3 Å². The first-order valence-electron chi connectivity index (χ1n) is 6.29. The monoisotopic (exact) mass is 338 g/mol. The predicted molar refractivity (Wildman–Crippen MR) is 80.5 cm³/mol. The van der Waals surface area contributed by atoms with Crippen molar-refractivity contribution < 1.29 is 9.13 Å². The van der Waals surface area contributed by atoms with Gasteiger partial charge in [-0.3, -0.25) is 0 Å². The molecule has 1 aromatic heterocycles. The number of aryl methyl sites for hydroxylation is 1. The smallest absolute Gasteiger partial charge is 0.222 e. The topological polar surface area (TPSA) is 48.1 Å². The van der Waals surface area contributed by atoms with Gasteiger partial charge in [0.2, 0.25) is 5.88 Å². The highest BCUT2D eigenvalue weighted by atomic mass is 79.9. The Hall–Kier alpha value is -1.46. The van der Waals surface area contributed by atoms with Crippen molar-refractivity contribution in [3.63, 3.8) is 0 Å². The molecule has 1 atom stereocenters. The van der Waals surface area contributed by atoms with Crippen LogP contribution in [0, 0.1) is 12.7 Å². The zero-order valence-electron chi connectivity index (χ0n) is 11.4. The normalized spacial score (nSPS) is 12.2. The number of ether oxygens (including phenoxy) is 1. The molecule has 106 valence electrons. The Balaban J connectivity index is 2.21. The highest BCUT2D eigenvalue weighted by Gasteiger charge is 2.09. The summed E-state index contributed by atoms with van der Waals surface area (Å²) in [5.41, 5.74) is 7.65. The van der Waals surface area contributed by atoms with E-state index in [1.165, 1.54) is 6.07 Å². The summed E-state index contributed by atoms with van der Waals surface area (Å²) in [6.45, 7) is 3.82. The van der Waals surface area contributed by atoms with E-state index in [1.54, 1.807) is 18.3 Å². The highest BCUT2D eigenvalue weighted by Crippen LogP contribution is 2.27. The summed E-state index contributed by atoms with van der Waals surface area (Å²) < 4.78 is 19.9. The van der Waals surface area contributed by atoms with Gasteiger partial charge in [0.15, 0.2) is 11.6 Å². The Morgan fingerprint density at radius 1 is 1.40 bits per heavy atom. The number of pyridine rings is 1.